The molecule has 2 heterocycles. The fourth-order valence-electron chi connectivity index (χ4n) is 6.16. The predicted octanol–water partition coefficient (Wildman–Crippen LogP) is 0.990. The summed E-state index contributed by atoms with van der Waals surface area (Å²) in [6.45, 7) is 0.0452. The molecule has 182 valence electrons. The monoisotopic (exact) mass is 482 g/mol. The second-order valence-corrected chi connectivity index (χ2v) is 9.35. The third kappa shape index (κ3) is 2.81. The summed E-state index contributed by atoms with van der Waals surface area (Å²) < 4.78 is 16.7. The summed E-state index contributed by atoms with van der Waals surface area (Å²) in [7, 11) is 1.42. The van der Waals surface area contributed by atoms with E-state index in [9.17, 15) is 35.1 Å². The van der Waals surface area contributed by atoms with E-state index in [1.807, 2.05) is 0 Å². The lowest BCUT2D eigenvalue weighted by Gasteiger charge is -2.50. The highest BCUT2D eigenvalue weighted by Crippen LogP contribution is 2.61. The summed E-state index contributed by atoms with van der Waals surface area (Å²) in [6.07, 6.45) is -1.37. The van der Waals surface area contributed by atoms with Crippen molar-refractivity contribution < 1.29 is 49.3 Å². The van der Waals surface area contributed by atoms with Crippen molar-refractivity contribution in [3.63, 3.8) is 0 Å². The van der Waals surface area contributed by atoms with Crippen LogP contribution in [0.2, 0.25) is 0 Å². The summed E-state index contributed by atoms with van der Waals surface area (Å²) in [5.74, 6) is -6.84. The summed E-state index contributed by atoms with van der Waals surface area (Å²) >= 11 is 0. The van der Waals surface area contributed by atoms with E-state index in [2.05, 4.69) is 0 Å². The SMILES string of the molecule is COc1cc([C@H]2C3C=C(C4Oc5cc(O)cc(O)c5C(=O)[C@@H]4O)C4C2CO[C@@]4(O)C3=O)ccc1O. The number of ether oxygens (including phenoxy) is 3. The first-order valence-electron chi connectivity index (χ1n) is 11.1. The molecule has 7 rings (SSSR count). The minimum absolute atomic E-state index is 0.0452. The molecule has 0 radical (unpaired) electrons. The van der Waals surface area contributed by atoms with Crippen LogP contribution in [0.5, 0.6) is 28.7 Å². The van der Waals surface area contributed by atoms with E-state index in [1.54, 1.807) is 18.2 Å². The summed E-state index contributed by atoms with van der Waals surface area (Å²) in [5, 5.41) is 52.0. The number of hydrogen-bond acceptors (Lipinski definition) is 10. The molecule has 10 heteroatoms. The van der Waals surface area contributed by atoms with E-state index < -0.39 is 59.0 Å². The standard InChI is InChI=1S/C25H22O10/c1-33-16-4-9(2-3-14(16)27)18-11-7-12(20-13(18)8-34-25(20,32)24(11)31)23-22(30)21(29)19-15(28)5-10(26)6-17(19)35-23/h2-7,11,13,18,20,22-23,26-28,30,32H,8H2,1H3/t11?,13?,18-,20?,22-,23?,25+/m0/s1. The maximum Gasteiger partial charge on any atom is 0.234 e. The van der Waals surface area contributed by atoms with Gasteiger partial charge in [-0.3, -0.25) is 9.59 Å². The Morgan fingerprint density at radius 1 is 1.09 bits per heavy atom. The molecule has 0 spiro atoms. The molecule has 2 aliphatic heterocycles. The van der Waals surface area contributed by atoms with Crippen molar-refractivity contribution in [3.05, 3.63) is 53.1 Å². The van der Waals surface area contributed by atoms with Crippen molar-refractivity contribution >= 4 is 11.6 Å². The number of aromatic hydroxyl groups is 3. The number of Topliss-reactive ketones (excluding diaryl/α,β-unsaturated/α-hetero) is 2. The van der Waals surface area contributed by atoms with Crippen molar-refractivity contribution in [2.45, 2.75) is 23.9 Å². The molecule has 4 unspecified atom stereocenters. The Kier molecular flexibility index (Phi) is 4.51. The van der Waals surface area contributed by atoms with Gasteiger partial charge in [-0.1, -0.05) is 12.1 Å². The van der Waals surface area contributed by atoms with Crippen LogP contribution in [0, 0.1) is 17.8 Å². The highest BCUT2D eigenvalue weighted by Gasteiger charge is 2.69. The molecular formula is C25H22O10. The average Bonchev–Trinajstić information content (AvgIpc) is 3.14. The molecule has 35 heavy (non-hydrogen) atoms. The second kappa shape index (κ2) is 7.20. The number of methoxy groups -OCH3 is 1. The van der Waals surface area contributed by atoms with Gasteiger partial charge < -0.3 is 39.7 Å². The molecule has 5 N–H and O–H groups in total. The van der Waals surface area contributed by atoms with Gasteiger partial charge in [0.15, 0.2) is 29.5 Å². The summed E-state index contributed by atoms with van der Waals surface area (Å²) in [4.78, 5) is 26.2. The van der Waals surface area contributed by atoms with Crippen LogP contribution in [0.3, 0.4) is 0 Å². The largest absolute Gasteiger partial charge is 0.508 e. The molecule has 1 saturated carbocycles. The molecule has 0 amide bonds. The zero-order chi connectivity index (χ0) is 24.8. The van der Waals surface area contributed by atoms with Crippen molar-refractivity contribution in [2.24, 2.45) is 17.8 Å². The molecule has 4 bridgehead atoms. The number of carbonyl (C=O) groups is 2. The van der Waals surface area contributed by atoms with Crippen LogP contribution in [0.1, 0.15) is 21.8 Å². The number of carbonyl (C=O) groups excluding carboxylic acids is 2. The number of fused-ring (bicyclic) bond motifs is 1. The zero-order valence-corrected chi connectivity index (χ0v) is 18.4. The predicted molar refractivity (Wildman–Crippen MR) is 116 cm³/mol. The van der Waals surface area contributed by atoms with Gasteiger partial charge in [-0.2, -0.15) is 0 Å². The number of aliphatic hydroxyl groups is 2. The molecule has 2 aromatic rings. The van der Waals surface area contributed by atoms with Crippen molar-refractivity contribution in [2.75, 3.05) is 13.7 Å². The van der Waals surface area contributed by atoms with E-state index in [4.69, 9.17) is 14.2 Å². The Hall–Kier alpha value is -3.60. The molecule has 5 aliphatic rings. The third-order valence-corrected chi connectivity index (χ3v) is 7.62. The first-order valence-corrected chi connectivity index (χ1v) is 11.1. The number of hydrogen-bond donors (Lipinski definition) is 5. The van der Waals surface area contributed by atoms with Gasteiger partial charge in [0.1, 0.15) is 22.8 Å². The van der Waals surface area contributed by atoms with Crippen molar-refractivity contribution in [1.82, 2.24) is 0 Å². The van der Waals surface area contributed by atoms with Crippen LogP contribution in [0.25, 0.3) is 0 Å². The Balaban J connectivity index is 1.46. The Labute approximate surface area is 198 Å². The van der Waals surface area contributed by atoms with Crippen LogP contribution in [-0.2, 0) is 9.53 Å². The maximum absolute atomic E-state index is 13.3. The minimum Gasteiger partial charge on any atom is -0.508 e. The summed E-state index contributed by atoms with van der Waals surface area (Å²) in [5.41, 5.74) is 0.796. The van der Waals surface area contributed by atoms with Gasteiger partial charge in [0.2, 0.25) is 11.6 Å². The fraction of sp³-hybridized carbons (Fsp3) is 0.360. The van der Waals surface area contributed by atoms with Gasteiger partial charge in [0.05, 0.1) is 19.6 Å². The molecule has 0 aromatic heterocycles. The number of benzene rings is 2. The van der Waals surface area contributed by atoms with Gasteiger partial charge >= 0.3 is 0 Å². The number of phenolic OH excluding ortho intramolecular Hbond substituents is 3. The second-order valence-electron chi connectivity index (χ2n) is 9.35. The fourth-order valence-corrected chi connectivity index (χ4v) is 6.16. The van der Waals surface area contributed by atoms with Gasteiger partial charge in [-0.05, 0) is 23.3 Å². The van der Waals surface area contributed by atoms with E-state index in [-0.39, 0.29) is 35.2 Å². The van der Waals surface area contributed by atoms with Crippen LogP contribution in [-0.4, -0.2) is 68.8 Å². The van der Waals surface area contributed by atoms with Crippen molar-refractivity contribution in [1.29, 1.82) is 0 Å². The molecule has 2 aromatic carbocycles. The van der Waals surface area contributed by atoms with Crippen LogP contribution in [0.15, 0.2) is 42.0 Å². The Bertz CT molecular complexity index is 1320. The summed E-state index contributed by atoms with van der Waals surface area (Å²) in [6, 6.07) is 6.91. The highest BCUT2D eigenvalue weighted by molar-refractivity contribution is 6.06. The van der Waals surface area contributed by atoms with Crippen molar-refractivity contribution in [3.8, 4) is 28.7 Å². The lowest BCUT2D eigenvalue weighted by Crippen LogP contribution is -2.60. The van der Waals surface area contributed by atoms with E-state index in [1.165, 1.54) is 13.2 Å². The van der Waals surface area contributed by atoms with Crippen LogP contribution < -0.4 is 9.47 Å². The van der Waals surface area contributed by atoms with Crippen LogP contribution in [0.4, 0.5) is 0 Å². The molecule has 1 saturated heterocycles. The number of phenols is 3. The smallest absolute Gasteiger partial charge is 0.234 e. The van der Waals surface area contributed by atoms with Gasteiger partial charge in [-0.25, -0.2) is 0 Å². The van der Waals surface area contributed by atoms with E-state index in [0.717, 1.165) is 12.1 Å². The molecule has 10 nitrogen and oxygen atoms in total. The lowest BCUT2D eigenvalue weighted by atomic mass is 9.55. The lowest BCUT2D eigenvalue weighted by molar-refractivity contribution is -0.206. The minimum atomic E-state index is -2.13. The van der Waals surface area contributed by atoms with E-state index >= 15 is 0 Å². The number of ketones is 2. The van der Waals surface area contributed by atoms with Gasteiger partial charge in [0.25, 0.3) is 0 Å². The average molecular weight is 482 g/mol. The topological polar surface area (TPSA) is 163 Å². The number of rotatable bonds is 3. The normalized spacial score (nSPS) is 34.9. The first kappa shape index (κ1) is 21.9. The number of allylic oxidation sites excluding steroid dienone is 1. The third-order valence-electron chi connectivity index (χ3n) is 7.62. The molecule has 3 aliphatic carbocycles. The van der Waals surface area contributed by atoms with Gasteiger partial charge in [0, 0.05) is 29.9 Å². The molecular weight excluding hydrogens is 460 g/mol. The van der Waals surface area contributed by atoms with Gasteiger partial charge in [-0.15, -0.1) is 0 Å². The number of aliphatic hydroxyl groups excluding tert-OH is 1. The molecule has 7 atom stereocenters. The Morgan fingerprint density at radius 3 is 2.60 bits per heavy atom. The first-order chi connectivity index (χ1) is 16.7. The quantitative estimate of drug-likeness (QED) is 0.399. The highest BCUT2D eigenvalue weighted by atomic mass is 16.6. The Morgan fingerprint density at radius 2 is 1.86 bits per heavy atom. The maximum atomic E-state index is 13.3. The molecule has 2 fully saturated rings. The zero-order valence-electron chi connectivity index (χ0n) is 18.4. The van der Waals surface area contributed by atoms with Crippen LogP contribution >= 0.6 is 0 Å². The van der Waals surface area contributed by atoms with E-state index in [0.29, 0.717) is 11.1 Å².